The lowest BCUT2D eigenvalue weighted by Crippen LogP contribution is -2.17. The molecule has 1 N–H and O–H groups in total. The van der Waals surface area contributed by atoms with Gasteiger partial charge in [0.05, 0.1) is 11.5 Å². The standard InChI is InChI=1S/C13H20N4O3/c1-9(2)7-20-13-11(17(18)19)12(14-8-15-13)16-10-5-3-4-6-10/h8-10H,3-7H2,1-2H3,(H,14,15,16). The zero-order valence-electron chi connectivity index (χ0n) is 11.8. The predicted molar refractivity (Wildman–Crippen MR) is 74.9 cm³/mol. The smallest absolute Gasteiger partial charge is 0.372 e. The summed E-state index contributed by atoms with van der Waals surface area (Å²) in [4.78, 5) is 18.7. The Morgan fingerprint density at radius 1 is 1.45 bits per heavy atom. The molecule has 0 bridgehead atoms. The number of aromatic nitrogens is 2. The van der Waals surface area contributed by atoms with Crippen molar-refractivity contribution in [2.75, 3.05) is 11.9 Å². The van der Waals surface area contributed by atoms with Gasteiger partial charge in [-0.25, -0.2) is 4.98 Å². The fourth-order valence-electron chi connectivity index (χ4n) is 2.25. The van der Waals surface area contributed by atoms with Crippen LogP contribution in [0.1, 0.15) is 39.5 Å². The fourth-order valence-corrected chi connectivity index (χ4v) is 2.25. The van der Waals surface area contributed by atoms with Crippen molar-refractivity contribution >= 4 is 11.5 Å². The Labute approximate surface area is 117 Å². The first-order valence-electron chi connectivity index (χ1n) is 6.96. The van der Waals surface area contributed by atoms with E-state index in [1.807, 2.05) is 13.8 Å². The first kappa shape index (κ1) is 14.5. The van der Waals surface area contributed by atoms with Crippen molar-refractivity contribution in [2.45, 2.75) is 45.6 Å². The van der Waals surface area contributed by atoms with E-state index in [1.165, 1.54) is 6.33 Å². The molecule has 0 spiro atoms. The van der Waals surface area contributed by atoms with Gasteiger partial charge in [-0.05, 0) is 18.8 Å². The van der Waals surface area contributed by atoms with Crippen LogP contribution in [-0.4, -0.2) is 27.5 Å². The Balaban J connectivity index is 2.21. The molecule has 1 aromatic rings. The third-order valence-electron chi connectivity index (χ3n) is 3.22. The minimum absolute atomic E-state index is 0.0409. The normalized spacial score (nSPS) is 15.6. The number of hydrogen-bond acceptors (Lipinski definition) is 6. The van der Waals surface area contributed by atoms with Crippen LogP contribution in [-0.2, 0) is 0 Å². The molecule has 0 saturated heterocycles. The van der Waals surface area contributed by atoms with Gasteiger partial charge in [0.2, 0.25) is 5.82 Å². The minimum Gasteiger partial charge on any atom is -0.472 e. The molecule has 1 saturated carbocycles. The summed E-state index contributed by atoms with van der Waals surface area (Å²) >= 11 is 0. The van der Waals surface area contributed by atoms with Crippen molar-refractivity contribution < 1.29 is 9.66 Å². The van der Waals surface area contributed by atoms with Crippen molar-refractivity contribution in [1.29, 1.82) is 0 Å². The number of hydrogen-bond donors (Lipinski definition) is 1. The molecular formula is C13H20N4O3. The molecule has 7 heteroatoms. The maximum atomic E-state index is 11.3. The molecule has 0 unspecified atom stereocenters. The van der Waals surface area contributed by atoms with Gasteiger partial charge in [-0.15, -0.1) is 0 Å². The maximum Gasteiger partial charge on any atom is 0.372 e. The van der Waals surface area contributed by atoms with Crippen LogP contribution < -0.4 is 10.1 Å². The van der Waals surface area contributed by atoms with Gasteiger partial charge >= 0.3 is 5.69 Å². The highest BCUT2D eigenvalue weighted by Gasteiger charge is 2.27. The van der Waals surface area contributed by atoms with Gasteiger partial charge in [0.1, 0.15) is 6.33 Å². The molecule has 1 aliphatic rings. The number of anilines is 1. The summed E-state index contributed by atoms with van der Waals surface area (Å²) in [6.07, 6.45) is 5.63. The molecule has 7 nitrogen and oxygen atoms in total. The van der Waals surface area contributed by atoms with E-state index in [0.29, 0.717) is 6.61 Å². The molecule has 0 aromatic carbocycles. The quantitative estimate of drug-likeness (QED) is 0.636. The van der Waals surface area contributed by atoms with E-state index < -0.39 is 4.92 Å². The SMILES string of the molecule is CC(C)COc1ncnc(NC2CCCC2)c1[N+](=O)[O-]. The van der Waals surface area contributed by atoms with Gasteiger partial charge in [0, 0.05) is 6.04 Å². The van der Waals surface area contributed by atoms with E-state index >= 15 is 0 Å². The van der Waals surface area contributed by atoms with E-state index in [-0.39, 0.29) is 29.3 Å². The molecule has 0 amide bonds. The lowest BCUT2D eigenvalue weighted by Gasteiger charge is -2.14. The number of nitro groups is 1. The highest BCUT2D eigenvalue weighted by atomic mass is 16.6. The zero-order valence-corrected chi connectivity index (χ0v) is 11.8. The van der Waals surface area contributed by atoms with Crippen LogP contribution in [0.15, 0.2) is 6.33 Å². The van der Waals surface area contributed by atoms with E-state index in [0.717, 1.165) is 25.7 Å². The van der Waals surface area contributed by atoms with E-state index in [9.17, 15) is 10.1 Å². The van der Waals surface area contributed by atoms with Crippen LogP contribution in [0.2, 0.25) is 0 Å². The minimum atomic E-state index is -0.479. The molecule has 1 aromatic heterocycles. The summed E-state index contributed by atoms with van der Waals surface area (Å²) in [7, 11) is 0. The monoisotopic (exact) mass is 280 g/mol. The average molecular weight is 280 g/mol. The molecule has 2 rings (SSSR count). The van der Waals surface area contributed by atoms with Crippen LogP contribution in [0.25, 0.3) is 0 Å². The number of ether oxygens (including phenoxy) is 1. The molecule has 20 heavy (non-hydrogen) atoms. The van der Waals surface area contributed by atoms with Crippen molar-refractivity contribution in [3.63, 3.8) is 0 Å². The second-order valence-corrected chi connectivity index (χ2v) is 5.46. The highest BCUT2D eigenvalue weighted by Crippen LogP contribution is 2.33. The average Bonchev–Trinajstić information content (AvgIpc) is 2.89. The second kappa shape index (κ2) is 6.49. The molecule has 110 valence electrons. The lowest BCUT2D eigenvalue weighted by molar-refractivity contribution is -0.385. The predicted octanol–water partition coefficient (Wildman–Crippen LogP) is 2.77. The molecular weight excluding hydrogens is 260 g/mol. The third-order valence-corrected chi connectivity index (χ3v) is 3.22. The molecule has 1 aliphatic carbocycles. The van der Waals surface area contributed by atoms with E-state index in [4.69, 9.17) is 4.74 Å². The van der Waals surface area contributed by atoms with Gasteiger partial charge in [0.25, 0.3) is 5.88 Å². The largest absolute Gasteiger partial charge is 0.472 e. The summed E-state index contributed by atoms with van der Waals surface area (Å²) in [5.41, 5.74) is -0.167. The molecule has 0 atom stereocenters. The van der Waals surface area contributed by atoms with Gasteiger partial charge in [-0.3, -0.25) is 10.1 Å². The van der Waals surface area contributed by atoms with Crippen molar-refractivity contribution in [2.24, 2.45) is 5.92 Å². The molecule has 1 fully saturated rings. The highest BCUT2D eigenvalue weighted by molar-refractivity contribution is 5.61. The number of nitrogens with one attached hydrogen (secondary N) is 1. The van der Waals surface area contributed by atoms with Gasteiger partial charge in [-0.2, -0.15) is 4.98 Å². The van der Waals surface area contributed by atoms with Crippen molar-refractivity contribution in [3.05, 3.63) is 16.4 Å². The Morgan fingerprint density at radius 2 is 2.15 bits per heavy atom. The fraction of sp³-hybridized carbons (Fsp3) is 0.692. The summed E-state index contributed by atoms with van der Waals surface area (Å²) in [5, 5.41) is 14.4. The van der Waals surface area contributed by atoms with Gasteiger partial charge < -0.3 is 10.1 Å². The lowest BCUT2D eigenvalue weighted by atomic mass is 10.2. The van der Waals surface area contributed by atoms with Crippen LogP contribution in [0.5, 0.6) is 5.88 Å². The Kier molecular flexibility index (Phi) is 4.70. The zero-order chi connectivity index (χ0) is 14.5. The van der Waals surface area contributed by atoms with E-state index in [1.54, 1.807) is 0 Å². The second-order valence-electron chi connectivity index (χ2n) is 5.46. The van der Waals surface area contributed by atoms with Crippen molar-refractivity contribution in [3.8, 4) is 5.88 Å². The maximum absolute atomic E-state index is 11.3. The van der Waals surface area contributed by atoms with Crippen LogP contribution in [0.4, 0.5) is 11.5 Å². The Morgan fingerprint density at radius 3 is 2.75 bits per heavy atom. The van der Waals surface area contributed by atoms with Gasteiger partial charge in [-0.1, -0.05) is 26.7 Å². The van der Waals surface area contributed by atoms with Crippen molar-refractivity contribution in [1.82, 2.24) is 9.97 Å². The first-order chi connectivity index (χ1) is 9.58. The van der Waals surface area contributed by atoms with Crippen LogP contribution in [0, 0.1) is 16.0 Å². The van der Waals surface area contributed by atoms with Gasteiger partial charge in [0.15, 0.2) is 0 Å². The first-order valence-corrected chi connectivity index (χ1v) is 6.96. The Bertz CT molecular complexity index is 473. The number of rotatable bonds is 6. The summed E-state index contributed by atoms with van der Waals surface area (Å²) in [6, 6.07) is 0.251. The van der Waals surface area contributed by atoms with Crippen LogP contribution >= 0.6 is 0 Å². The van der Waals surface area contributed by atoms with E-state index in [2.05, 4.69) is 15.3 Å². The summed E-state index contributed by atoms with van der Waals surface area (Å²) in [5.74, 6) is 0.575. The number of nitrogens with zero attached hydrogens (tertiary/aromatic N) is 3. The summed E-state index contributed by atoms with van der Waals surface area (Å²) in [6.45, 7) is 4.34. The third kappa shape index (κ3) is 3.55. The summed E-state index contributed by atoms with van der Waals surface area (Å²) < 4.78 is 5.43. The molecule has 0 radical (unpaired) electrons. The molecule has 1 heterocycles. The Hall–Kier alpha value is -1.92. The van der Waals surface area contributed by atoms with Crippen LogP contribution in [0.3, 0.4) is 0 Å². The molecule has 0 aliphatic heterocycles. The topological polar surface area (TPSA) is 90.2 Å².